The fourth-order valence-corrected chi connectivity index (χ4v) is 6.43. The Bertz CT molecular complexity index is 1120. The summed E-state index contributed by atoms with van der Waals surface area (Å²) in [4.78, 5) is 5.17. The van der Waals surface area contributed by atoms with Gasteiger partial charge in [-0.3, -0.25) is 9.80 Å². The van der Waals surface area contributed by atoms with E-state index in [1.165, 1.54) is 27.8 Å². The highest BCUT2D eigenvalue weighted by Crippen LogP contribution is 2.33. The molecule has 2 saturated heterocycles. The Labute approximate surface area is 271 Å². The normalized spacial score (nSPS) is 19.6. The number of hydrogen-bond acceptors (Lipinski definition) is 8. The highest BCUT2D eigenvalue weighted by Gasteiger charge is 2.19. The van der Waals surface area contributed by atoms with Gasteiger partial charge in [-0.2, -0.15) is 0 Å². The molecule has 2 fully saturated rings. The molecule has 0 aliphatic carbocycles. The molecule has 2 heterocycles. The summed E-state index contributed by atoms with van der Waals surface area (Å²) >= 11 is 0. The van der Waals surface area contributed by atoms with Crippen LogP contribution >= 0.6 is 0 Å². The average Bonchev–Trinajstić information content (AvgIpc) is 3.05. The first-order valence-electron chi connectivity index (χ1n) is 17.3. The Kier molecular flexibility index (Phi) is 14.8. The van der Waals surface area contributed by atoms with Gasteiger partial charge < -0.3 is 31.9 Å². The monoisotopic (exact) mass is 612 g/mol. The van der Waals surface area contributed by atoms with Crippen molar-refractivity contribution in [1.29, 1.82) is 0 Å². The molecule has 45 heavy (non-hydrogen) atoms. The van der Waals surface area contributed by atoms with Gasteiger partial charge in [-0.1, -0.05) is 78.9 Å². The summed E-state index contributed by atoms with van der Waals surface area (Å²) < 4.78 is 0. The Hall–Kier alpha value is -2.66. The van der Waals surface area contributed by atoms with Crippen LogP contribution in [-0.2, 0) is 13.1 Å². The molecular formula is C37H56N8. The minimum absolute atomic E-state index is 0.190. The van der Waals surface area contributed by atoms with Crippen molar-refractivity contribution in [1.82, 2.24) is 41.7 Å². The smallest absolute Gasteiger partial charge is 0.0340 e. The highest BCUT2D eigenvalue weighted by molar-refractivity contribution is 5.45. The van der Waals surface area contributed by atoms with Crippen molar-refractivity contribution in [2.24, 2.45) is 0 Å². The van der Waals surface area contributed by atoms with Gasteiger partial charge in [-0.25, -0.2) is 0 Å². The quantitative estimate of drug-likeness (QED) is 0.227. The lowest BCUT2D eigenvalue weighted by Crippen LogP contribution is -2.41. The molecule has 0 spiro atoms. The van der Waals surface area contributed by atoms with E-state index in [1.54, 1.807) is 0 Å². The summed E-state index contributed by atoms with van der Waals surface area (Å²) in [5.41, 5.74) is 6.83. The molecule has 0 aromatic heterocycles. The SMILES string of the molecule is c1ccc(C(c2cccc(CN3CCNCCNCCNCC3)c2)c2cccc(CN3CCNCCNCCNCC3)c2)cc1. The maximum atomic E-state index is 3.61. The molecule has 244 valence electrons. The van der Waals surface area contributed by atoms with Gasteiger partial charge in [0.25, 0.3) is 0 Å². The molecule has 2 aliphatic rings. The van der Waals surface area contributed by atoms with Crippen LogP contribution in [0.4, 0.5) is 0 Å². The topological polar surface area (TPSA) is 78.7 Å². The number of hydrogen-bond donors (Lipinski definition) is 6. The van der Waals surface area contributed by atoms with Crippen LogP contribution in [0.2, 0.25) is 0 Å². The van der Waals surface area contributed by atoms with Crippen LogP contribution in [0.25, 0.3) is 0 Å². The van der Waals surface area contributed by atoms with Gasteiger partial charge in [0, 0.05) is 124 Å². The molecular weight excluding hydrogens is 556 g/mol. The van der Waals surface area contributed by atoms with Crippen LogP contribution in [-0.4, -0.2) is 115 Å². The number of benzene rings is 3. The van der Waals surface area contributed by atoms with Gasteiger partial charge in [0.1, 0.15) is 0 Å². The number of rotatable bonds is 7. The Morgan fingerprint density at radius 2 is 0.756 bits per heavy atom. The fraction of sp³-hybridized carbons (Fsp3) is 0.514. The van der Waals surface area contributed by atoms with Gasteiger partial charge in [0.2, 0.25) is 0 Å². The first-order valence-corrected chi connectivity index (χ1v) is 17.3. The molecule has 3 aromatic carbocycles. The lowest BCUT2D eigenvalue weighted by molar-refractivity contribution is 0.263. The lowest BCUT2D eigenvalue weighted by atomic mass is 9.84. The van der Waals surface area contributed by atoms with E-state index >= 15 is 0 Å². The molecule has 0 unspecified atom stereocenters. The van der Waals surface area contributed by atoms with E-state index in [-0.39, 0.29) is 5.92 Å². The molecule has 0 radical (unpaired) electrons. The lowest BCUT2D eigenvalue weighted by Gasteiger charge is -2.26. The first kappa shape index (κ1) is 33.7. The molecule has 0 atom stereocenters. The molecule has 8 nitrogen and oxygen atoms in total. The summed E-state index contributed by atoms with van der Waals surface area (Å²) in [5, 5.41) is 21.4. The molecule has 0 bridgehead atoms. The standard InChI is InChI=1S/C37H56N8/c1-2-8-34(9-3-1)37(35-10-4-6-32(28-35)30-44-24-20-40-16-12-38-13-17-41-21-25-44)36-11-5-7-33(29-36)31-45-26-22-42-18-14-39-15-19-43-23-27-45/h1-11,28-29,37-43H,12-27,30-31H2. The Morgan fingerprint density at radius 3 is 1.16 bits per heavy atom. The molecule has 5 rings (SSSR count). The van der Waals surface area contributed by atoms with E-state index in [0.29, 0.717) is 0 Å². The molecule has 0 amide bonds. The van der Waals surface area contributed by atoms with Crippen molar-refractivity contribution in [3.05, 3.63) is 107 Å². The van der Waals surface area contributed by atoms with Gasteiger partial charge in [-0.15, -0.1) is 0 Å². The Morgan fingerprint density at radius 1 is 0.400 bits per heavy atom. The minimum Gasteiger partial charge on any atom is -0.314 e. The number of nitrogens with zero attached hydrogens (tertiary/aromatic N) is 2. The minimum atomic E-state index is 0.190. The van der Waals surface area contributed by atoms with Crippen molar-refractivity contribution >= 4 is 0 Å². The van der Waals surface area contributed by atoms with Gasteiger partial charge in [-0.05, 0) is 27.8 Å². The summed E-state index contributed by atoms with van der Waals surface area (Å²) in [6, 6.07) is 29.7. The van der Waals surface area contributed by atoms with Crippen molar-refractivity contribution < 1.29 is 0 Å². The van der Waals surface area contributed by atoms with E-state index < -0.39 is 0 Å². The number of nitrogens with one attached hydrogen (secondary N) is 6. The largest absolute Gasteiger partial charge is 0.314 e. The summed E-state index contributed by atoms with van der Waals surface area (Å²) in [5.74, 6) is 0.190. The van der Waals surface area contributed by atoms with E-state index in [2.05, 4.69) is 121 Å². The van der Waals surface area contributed by atoms with Crippen molar-refractivity contribution in [2.45, 2.75) is 19.0 Å². The van der Waals surface area contributed by atoms with E-state index in [1.807, 2.05) is 0 Å². The van der Waals surface area contributed by atoms with Gasteiger partial charge in [0.05, 0.1) is 0 Å². The summed E-state index contributed by atoms with van der Waals surface area (Å²) in [7, 11) is 0. The van der Waals surface area contributed by atoms with Crippen LogP contribution in [0.3, 0.4) is 0 Å². The molecule has 6 N–H and O–H groups in total. The summed E-state index contributed by atoms with van der Waals surface area (Å²) in [6.07, 6.45) is 0. The van der Waals surface area contributed by atoms with E-state index in [9.17, 15) is 0 Å². The van der Waals surface area contributed by atoms with Crippen LogP contribution in [0.1, 0.15) is 33.7 Å². The molecule has 0 saturated carbocycles. The fourth-order valence-electron chi connectivity index (χ4n) is 6.43. The Balaban J connectivity index is 1.33. The first-order chi connectivity index (χ1) is 22.3. The average molecular weight is 613 g/mol. The van der Waals surface area contributed by atoms with Crippen LogP contribution in [0.5, 0.6) is 0 Å². The van der Waals surface area contributed by atoms with E-state index in [0.717, 1.165) is 118 Å². The molecule has 3 aromatic rings. The van der Waals surface area contributed by atoms with E-state index in [4.69, 9.17) is 0 Å². The zero-order valence-corrected chi connectivity index (χ0v) is 27.2. The third-order valence-corrected chi connectivity index (χ3v) is 8.85. The maximum Gasteiger partial charge on any atom is 0.0340 e. The molecule has 8 heteroatoms. The maximum absolute atomic E-state index is 3.61. The second-order valence-electron chi connectivity index (χ2n) is 12.4. The zero-order chi connectivity index (χ0) is 30.8. The van der Waals surface area contributed by atoms with Gasteiger partial charge in [0.15, 0.2) is 0 Å². The van der Waals surface area contributed by atoms with Crippen molar-refractivity contribution in [3.63, 3.8) is 0 Å². The third-order valence-electron chi connectivity index (χ3n) is 8.85. The van der Waals surface area contributed by atoms with Crippen LogP contribution < -0.4 is 31.9 Å². The predicted octanol–water partition coefficient (Wildman–Crippen LogP) is 2.04. The second-order valence-corrected chi connectivity index (χ2v) is 12.4. The summed E-state index contributed by atoms with van der Waals surface area (Å²) in [6.45, 7) is 18.4. The third kappa shape index (κ3) is 11.9. The van der Waals surface area contributed by atoms with Crippen molar-refractivity contribution in [2.75, 3.05) is 105 Å². The van der Waals surface area contributed by atoms with Crippen LogP contribution in [0.15, 0.2) is 78.9 Å². The van der Waals surface area contributed by atoms with Crippen LogP contribution in [0, 0.1) is 0 Å². The van der Waals surface area contributed by atoms with Crippen molar-refractivity contribution in [3.8, 4) is 0 Å². The van der Waals surface area contributed by atoms with Gasteiger partial charge >= 0.3 is 0 Å². The second kappa shape index (κ2) is 19.8. The molecule has 2 aliphatic heterocycles. The zero-order valence-electron chi connectivity index (χ0n) is 27.2. The highest BCUT2D eigenvalue weighted by atomic mass is 15.2. The predicted molar refractivity (Wildman–Crippen MR) is 188 cm³/mol.